The average molecular weight is 623 g/mol. The Morgan fingerprint density at radius 1 is 1.05 bits per heavy atom. The van der Waals surface area contributed by atoms with Crippen molar-refractivity contribution in [2.24, 2.45) is 4.99 Å². The van der Waals surface area contributed by atoms with Crippen LogP contribution in [0.4, 0.5) is 0 Å². The molecule has 0 saturated carbocycles. The predicted octanol–water partition coefficient (Wildman–Crippen LogP) is 3.98. The maximum absolute atomic E-state index is 14.0. The van der Waals surface area contributed by atoms with E-state index in [1.807, 2.05) is 19.9 Å². The van der Waals surface area contributed by atoms with Gasteiger partial charge in [-0.1, -0.05) is 11.3 Å². The van der Waals surface area contributed by atoms with Crippen LogP contribution in [0.2, 0.25) is 0 Å². The molecule has 0 aliphatic carbocycles. The zero-order chi connectivity index (χ0) is 30.8. The fourth-order valence-electron chi connectivity index (χ4n) is 4.79. The number of hydrogen-bond donors (Lipinski definition) is 0. The summed E-state index contributed by atoms with van der Waals surface area (Å²) in [5, 5.41) is 1.16. The van der Waals surface area contributed by atoms with E-state index in [1.165, 1.54) is 49.0 Å². The van der Waals surface area contributed by atoms with Gasteiger partial charge in [0.05, 0.1) is 49.8 Å². The Balaban J connectivity index is 1.63. The number of allylic oxidation sites excluding steroid dienone is 1. The van der Waals surface area contributed by atoms with Gasteiger partial charge in [0.25, 0.3) is 5.56 Å². The molecule has 4 heterocycles. The number of thiazole rings is 1. The quantitative estimate of drug-likeness (QED) is 0.200. The van der Waals surface area contributed by atoms with Crippen molar-refractivity contribution >= 4 is 35.1 Å². The first-order valence-electron chi connectivity index (χ1n) is 13.3. The number of nitrogens with zero attached hydrogens (tertiary/aromatic N) is 4. The lowest BCUT2D eigenvalue weighted by Gasteiger charge is -2.26. The lowest BCUT2D eigenvalue weighted by Crippen LogP contribution is -2.40. The second-order valence-corrected chi connectivity index (χ2v) is 11.4. The first-order chi connectivity index (χ1) is 20.7. The summed E-state index contributed by atoms with van der Waals surface area (Å²) in [5.74, 6) is 1.05. The van der Waals surface area contributed by atoms with Crippen LogP contribution in [0.5, 0.6) is 17.2 Å². The molecule has 0 bridgehead atoms. The van der Waals surface area contributed by atoms with E-state index >= 15 is 0 Å². The molecule has 11 nitrogen and oxygen atoms in total. The first kappa shape index (κ1) is 30.1. The minimum atomic E-state index is -0.865. The number of esters is 1. The van der Waals surface area contributed by atoms with Crippen LogP contribution in [-0.4, -0.2) is 48.4 Å². The molecule has 224 valence electrons. The molecule has 1 aliphatic heterocycles. The van der Waals surface area contributed by atoms with Crippen LogP contribution in [0, 0.1) is 13.8 Å². The van der Waals surface area contributed by atoms with E-state index < -0.39 is 12.0 Å². The van der Waals surface area contributed by atoms with Gasteiger partial charge >= 0.3 is 5.97 Å². The van der Waals surface area contributed by atoms with Gasteiger partial charge in [-0.05, 0) is 75.4 Å². The summed E-state index contributed by atoms with van der Waals surface area (Å²) in [6, 6.07) is 8.04. The molecule has 1 aliphatic rings. The first-order valence-corrected chi connectivity index (χ1v) is 14.9. The fourth-order valence-corrected chi connectivity index (χ4v) is 6.65. The minimum Gasteiger partial charge on any atom is -0.493 e. The Labute approximate surface area is 255 Å². The molecule has 5 rings (SSSR count). The van der Waals surface area contributed by atoms with Crippen LogP contribution in [-0.2, 0) is 9.53 Å². The predicted molar refractivity (Wildman–Crippen MR) is 161 cm³/mol. The Bertz CT molecular complexity index is 1880. The van der Waals surface area contributed by atoms with Crippen LogP contribution < -0.4 is 29.1 Å². The van der Waals surface area contributed by atoms with Crippen molar-refractivity contribution in [3.05, 3.63) is 84.0 Å². The van der Waals surface area contributed by atoms with Gasteiger partial charge in [0.2, 0.25) is 5.75 Å². The second-order valence-electron chi connectivity index (χ2n) is 9.45. The number of carbonyl (C=O) groups is 1. The number of methoxy groups -OCH3 is 3. The number of hydrogen-bond acceptors (Lipinski definition) is 12. The van der Waals surface area contributed by atoms with E-state index in [9.17, 15) is 9.59 Å². The van der Waals surface area contributed by atoms with E-state index in [0.717, 1.165) is 11.4 Å². The summed E-state index contributed by atoms with van der Waals surface area (Å²) in [6.45, 7) is 7.42. The molecule has 0 N–H and O–H groups in total. The number of aromatic nitrogens is 3. The molecule has 0 radical (unpaired) electrons. The highest BCUT2D eigenvalue weighted by Gasteiger charge is 2.34. The average Bonchev–Trinajstić information content (AvgIpc) is 3.53. The molecule has 1 atom stereocenters. The molecule has 0 spiro atoms. The summed E-state index contributed by atoms with van der Waals surface area (Å²) in [5.41, 5.74) is 2.61. The summed E-state index contributed by atoms with van der Waals surface area (Å²) < 4.78 is 29.9. The molecule has 3 aromatic heterocycles. The zero-order valence-electron chi connectivity index (χ0n) is 24.7. The van der Waals surface area contributed by atoms with Crippen LogP contribution >= 0.6 is 23.1 Å². The lowest BCUT2D eigenvalue weighted by atomic mass is 9.95. The lowest BCUT2D eigenvalue weighted by molar-refractivity contribution is -0.139. The van der Waals surface area contributed by atoms with Gasteiger partial charge in [-0.15, -0.1) is 0 Å². The topological polar surface area (TPSA) is 127 Å². The SMILES string of the molecule is CCOC(=O)C1=C(C)N=c2s/c(=C/c3ccc(Sc4nc(C)cc(C)n4)o3)c(=O)n2[C@H]1c1cc(OC)c(OC)c(OC)c1. The van der Waals surface area contributed by atoms with Crippen molar-refractivity contribution in [3.8, 4) is 17.2 Å². The van der Waals surface area contributed by atoms with Crippen LogP contribution in [0.15, 0.2) is 66.1 Å². The van der Waals surface area contributed by atoms with Gasteiger partial charge in [0.1, 0.15) is 5.76 Å². The molecular formula is C30H30N4O7S2. The number of rotatable bonds is 9. The number of furan rings is 1. The summed E-state index contributed by atoms with van der Waals surface area (Å²) in [6.07, 6.45) is 1.66. The number of aryl methyl sites for hydroxylation is 2. The van der Waals surface area contributed by atoms with Crippen molar-refractivity contribution in [2.75, 3.05) is 27.9 Å². The van der Waals surface area contributed by atoms with Crippen molar-refractivity contribution in [3.63, 3.8) is 0 Å². The Kier molecular flexibility index (Phi) is 8.74. The third-order valence-electron chi connectivity index (χ3n) is 6.55. The maximum Gasteiger partial charge on any atom is 0.338 e. The standard InChI is InChI=1S/C30H30N4O7S2/c1-8-40-28(36)24-17(4)33-30-34(25(24)18-12-20(37-5)26(39-7)21(13-18)38-6)27(35)22(42-30)14-19-9-10-23(41-19)43-29-31-15(2)11-16(3)32-29/h9-14,25H,8H2,1-7H3/b22-14+/t25-/m0/s1. The second kappa shape index (κ2) is 12.5. The fraction of sp³-hybridized carbons (Fsp3) is 0.300. The van der Waals surface area contributed by atoms with Crippen LogP contribution in [0.1, 0.15) is 42.6 Å². The molecule has 4 aromatic rings. The normalized spacial score (nSPS) is 14.8. The van der Waals surface area contributed by atoms with Crippen molar-refractivity contribution < 1.29 is 28.2 Å². The Morgan fingerprint density at radius 3 is 2.33 bits per heavy atom. The minimum absolute atomic E-state index is 0.161. The maximum atomic E-state index is 14.0. The van der Waals surface area contributed by atoms with Crippen molar-refractivity contribution in [1.82, 2.24) is 14.5 Å². The molecular weight excluding hydrogens is 592 g/mol. The van der Waals surface area contributed by atoms with Gasteiger partial charge in [-0.2, -0.15) is 0 Å². The third kappa shape index (κ3) is 5.95. The summed E-state index contributed by atoms with van der Waals surface area (Å²) in [4.78, 5) is 41.2. The van der Waals surface area contributed by atoms with E-state index in [-0.39, 0.29) is 17.7 Å². The smallest absolute Gasteiger partial charge is 0.338 e. The molecule has 0 unspecified atom stereocenters. The van der Waals surface area contributed by atoms with Crippen molar-refractivity contribution in [1.29, 1.82) is 0 Å². The van der Waals surface area contributed by atoms with E-state index in [1.54, 1.807) is 44.2 Å². The largest absolute Gasteiger partial charge is 0.493 e. The Morgan fingerprint density at radius 2 is 1.72 bits per heavy atom. The number of benzene rings is 1. The van der Waals surface area contributed by atoms with E-state index in [4.69, 9.17) is 23.4 Å². The Hall–Kier alpha value is -4.36. The number of carbonyl (C=O) groups excluding carboxylic acids is 1. The molecule has 1 aromatic carbocycles. The van der Waals surface area contributed by atoms with Gasteiger partial charge in [-0.25, -0.2) is 19.8 Å². The van der Waals surface area contributed by atoms with Crippen molar-refractivity contribution in [2.45, 2.75) is 44.0 Å². The molecule has 0 amide bonds. The van der Waals surface area contributed by atoms with Crippen LogP contribution in [0.3, 0.4) is 0 Å². The highest BCUT2D eigenvalue weighted by Crippen LogP contribution is 2.42. The van der Waals surface area contributed by atoms with Crippen LogP contribution in [0.25, 0.3) is 6.08 Å². The number of ether oxygens (including phenoxy) is 4. The zero-order valence-corrected chi connectivity index (χ0v) is 26.3. The van der Waals surface area contributed by atoms with Gasteiger partial charge < -0.3 is 23.4 Å². The summed E-state index contributed by atoms with van der Waals surface area (Å²) >= 11 is 2.49. The monoisotopic (exact) mass is 622 g/mol. The molecule has 13 heteroatoms. The van der Waals surface area contributed by atoms with Gasteiger partial charge in [0, 0.05) is 17.5 Å². The third-order valence-corrected chi connectivity index (χ3v) is 8.32. The highest BCUT2D eigenvalue weighted by molar-refractivity contribution is 7.99. The molecule has 0 fully saturated rings. The van der Waals surface area contributed by atoms with Gasteiger partial charge in [0.15, 0.2) is 26.5 Å². The number of fused-ring (bicyclic) bond motifs is 1. The molecule has 0 saturated heterocycles. The summed E-state index contributed by atoms with van der Waals surface area (Å²) in [7, 11) is 4.51. The van der Waals surface area contributed by atoms with E-state index in [2.05, 4.69) is 15.0 Å². The molecule has 43 heavy (non-hydrogen) atoms. The van der Waals surface area contributed by atoms with E-state index in [0.29, 0.717) is 53.9 Å². The van der Waals surface area contributed by atoms with Gasteiger partial charge in [-0.3, -0.25) is 9.36 Å². The highest BCUT2D eigenvalue weighted by atomic mass is 32.2.